The molecule has 0 bridgehead atoms. The van der Waals surface area contributed by atoms with E-state index in [1.807, 2.05) is 31.2 Å². The van der Waals surface area contributed by atoms with Crippen molar-refractivity contribution in [3.8, 4) is 5.75 Å². The normalized spacial score (nSPS) is 13.1. The van der Waals surface area contributed by atoms with Gasteiger partial charge in [-0.25, -0.2) is 0 Å². The molecule has 0 aliphatic carbocycles. The predicted octanol–water partition coefficient (Wildman–Crippen LogP) is 5.57. The van der Waals surface area contributed by atoms with Crippen LogP contribution in [0.2, 0.25) is 0 Å². The lowest BCUT2D eigenvalue weighted by atomic mass is 9.91. The third kappa shape index (κ3) is 7.06. The smallest absolute Gasteiger partial charge is 0.359 e. The molecule has 0 heterocycles. The van der Waals surface area contributed by atoms with E-state index >= 15 is 0 Å². The average Bonchev–Trinajstić information content (AvgIpc) is 2.73. The highest BCUT2D eigenvalue weighted by Gasteiger charge is 2.16. The van der Waals surface area contributed by atoms with Gasteiger partial charge in [0, 0.05) is 7.05 Å². The first-order valence-electron chi connectivity index (χ1n) is 9.78. The summed E-state index contributed by atoms with van der Waals surface area (Å²) in [4.78, 5) is 0. The average molecular weight is 446 g/mol. The van der Waals surface area contributed by atoms with E-state index in [0.717, 1.165) is 40.8 Å². The van der Waals surface area contributed by atoms with Crippen molar-refractivity contribution in [2.45, 2.75) is 26.7 Å². The van der Waals surface area contributed by atoms with Crippen molar-refractivity contribution in [3.05, 3.63) is 53.6 Å². The molecule has 2 aromatic carbocycles. The SMILES string of the molecule is CC/C(=C(/CC)c1ccc(OS(=O)(=O)O)c(N=NC)c1)c1cccc(N=NCNC)c1. The van der Waals surface area contributed by atoms with Crippen molar-refractivity contribution in [1.82, 2.24) is 5.32 Å². The van der Waals surface area contributed by atoms with Crippen LogP contribution in [0.25, 0.3) is 11.1 Å². The van der Waals surface area contributed by atoms with Gasteiger partial charge in [-0.2, -0.15) is 28.9 Å². The molecule has 31 heavy (non-hydrogen) atoms. The molecule has 2 aromatic rings. The summed E-state index contributed by atoms with van der Waals surface area (Å²) in [5, 5.41) is 18.9. The zero-order valence-corrected chi connectivity index (χ0v) is 18.8. The monoisotopic (exact) mass is 445 g/mol. The van der Waals surface area contributed by atoms with Crippen LogP contribution in [-0.2, 0) is 10.4 Å². The summed E-state index contributed by atoms with van der Waals surface area (Å²) >= 11 is 0. The molecule has 0 saturated carbocycles. The maximum Gasteiger partial charge on any atom is 0.446 e. The molecular formula is C21H27N5O4S. The highest BCUT2D eigenvalue weighted by Crippen LogP contribution is 2.37. The van der Waals surface area contributed by atoms with Crippen LogP contribution < -0.4 is 9.50 Å². The second-order valence-corrected chi connectivity index (χ2v) is 7.48. The number of nitrogens with zero attached hydrogens (tertiary/aromatic N) is 4. The fraction of sp³-hybridized carbons (Fsp3) is 0.333. The van der Waals surface area contributed by atoms with E-state index in [9.17, 15) is 8.42 Å². The summed E-state index contributed by atoms with van der Waals surface area (Å²) in [5.41, 5.74) is 5.03. The van der Waals surface area contributed by atoms with Crippen LogP contribution in [0, 0.1) is 0 Å². The van der Waals surface area contributed by atoms with Gasteiger partial charge in [0.1, 0.15) is 12.4 Å². The topological polar surface area (TPSA) is 125 Å². The minimum absolute atomic E-state index is 0.0997. The zero-order valence-electron chi connectivity index (χ0n) is 18.0. The number of benzene rings is 2. The van der Waals surface area contributed by atoms with Gasteiger partial charge in [-0.1, -0.05) is 32.0 Å². The quantitative estimate of drug-likeness (QED) is 0.281. The van der Waals surface area contributed by atoms with E-state index in [1.165, 1.54) is 13.1 Å². The Hall–Kier alpha value is -2.95. The number of rotatable bonds is 10. The fourth-order valence-electron chi connectivity index (χ4n) is 3.20. The number of hydrogen-bond donors (Lipinski definition) is 2. The molecule has 2 rings (SSSR count). The van der Waals surface area contributed by atoms with Crippen LogP contribution in [0.3, 0.4) is 0 Å². The van der Waals surface area contributed by atoms with E-state index in [2.05, 4.69) is 36.9 Å². The Balaban J connectivity index is 2.57. The highest BCUT2D eigenvalue weighted by molar-refractivity contribution is 7.81. The summed E-state index contributed by atoms with van der Waals surface area (Å²) in [7, 11) is -1.40. The number of hydrogen-bond acceptors (Lipinski definition) is 8. The van der Waals surface area contributed by atoms with Gasteiger partial charge in [0.2, 0.25) is 0 Å². The van der Waals surface area contributed by atoms with Crippen molar-refractivity contribution in [1.29, 1.82) is 0 Å². The summed E-state index contributed by atoms with van der Waals surface area (Å²) in [6.45, 7) is 4.56. The molecule has 2 N–H and O–H groups in total. The Labute approximate surface area is 182 Å². The first-order chi connectivity index (χ1) is 14.8. The Morgan fingerprint density at radius 1 is 1.03 bits per heavy atom. The Morgan fingerprint density at radius 2 is 1.71 bits per heavy atom. The molecule has 0 aliphatic rings. The predicted molar refractivity (Wildman–Crippen MR) is 121 cm³/mol. The summed E-state index contributed by atoms with van der Waals surface area (Å²) in [6.07, 6.45) is 1.50. The molecule has 0 unspecified atom stereocenters. The van der Waals surface area contributed by atoms with E-state index in [-0.39, 0.29) is 11.4 Å². The molecule has 166 valence electrons. The molecule has 0 aromatic heterocycles. The lowest BCUT2D eigenvalue weighted by molar-refractivity contribution is 0.387. The molecular weight excluding hydrogens is 418 g/mol. The van der Waals surface area contributed by atoms with Crippen molar-refractivity contribution in [3.63, 3.8) is 0 Å². The second kappa shape index (κ2) is 11.4. The van der Waals surface area contributed by atoms with Gasteiger partial charge in [0.15, 0.2) is 5.75 Å². The highest BCUT2D eigenvalue weighted by atomic mass is 32.3. The van der Waals surface area contributed by atoms with Gasteiger partial charge in [0.25, 0.3) is 0 Å². The van der Waals surface area contributed by atoms with E-state index in [1.54, 1.807) is 19.2 Å². The molecule has 0 aliphatic heterocycles. The van der Waals surface area contributed by atoms with Crippen LogP contribution in [0.5, 0.6) is 5.75 Å². The molecule has 0 atom stereocenters. The summed E-state index contributed by atoms with van der Waals surface area (Å²) in [6, 6.07) is 12.7. The van der Waals surface area contributed by atoms with Crippen LogP contribution in [-0.4, -0.2) is 33.7 Å². The van der Waals surface area contributed by atoms with Gasteiger partial charge in [-0.05, 0) is 66.4 Å². The summed E-state index contributed by atoms with van der Waals surface area (Å²) < 4.78 is 35.9. The van der Waals surface area contributed by atoms with Crippen molar-refractivity contribution < 1.29 is 17.2 Å². The standard InChI is InChI=1S/C21H27N5O4S/c1-5-18(15-8-7-9-17(12-15)25-24-14-22-3)19(6-2)16-10-11-21(30-31(27,28)29)20(13-16)26-23-4/h7-13,22H,5-6,14H2,1-4H3,(H,27,28,29)/b19-18+,25-24?,26-23?. The molecule has 9 nitrogen and oxygen atoms in total. The van der Waals surface area contributed by atoms with Crippen LogP contribution in [0.4, 0.5) is 11.4 Å². The fourth-order valence-corrected chi connectivity index (χ4v) is 3.57. The molecule has 0 amide bonds. The second-order valence-electron chi connectivity index (χ2n) is 6.46. The zero-order chi connectivity index (χ0) is 22.9. The molecule has 10 heteroatoms. The van der Waals surface area contributed by atoms with Crippen molar-refractivity contribution >= 4 is 32.9 Å². The molecule has 0 radical (unpaired) electrons. The Bertz CT molecular complexity index is 1090. The van der Waals surface area contributed by atoms with Gasteiger partial charge >= 0.3 is 10.4 Å². The molecule has 0 spiro atoms. The van der Waals surface area contributed by atoms with Gasteiger partial charge < -0.3 is 4.18 Å². The first kappa shape index (κ1) is 24.3. The minimum Gasteiger partial charge on any atom is -0.359 e. The lowest BCUT2D eigenvalue weighted by Crippen LogP contribution is -2.06. The van der Waals surface area contributed by atoms with E-state index in [0.29, 0.717) is 6.67 Å². The van der Waals surface area contributed by atoms with Gasteiger partial charge in [0.05, 0.1) is 5.69 Å². The largest absolute Gasteiger partial charge is 0.446 e. The van der Waals surface area contributed by atoms with Crippen LogP contribution in [0.15, 0.2) is 62.9 Å². The van der Waals surface area contributed by atoms with Crippen molar-refractivity contribution in [2.75, 3.05) is 20.8 Å². The first-order valence-corrected chi connectivity index (χ1v) is 11.1. The third-order valence-corrected chi connectivity index (χ3v) is 4.78. The lowest BCUT2D eigenvalue weighted by Gasteiger charge is -2.15. The van der Waals surface area contributed by atoms with Crippen LogP contribution in [0.1, 0.15) is 37.8 Å². The summed E-state index contributed by atoms with van der Waals surface area (Å²) in [5.74, 6) is -0.0997. The maximum absolute atomic E-state index is 11.1. The van der Waals surface area contributed by atoms with Crippen LogP contribution >= 0.6 is 0 Å². The Kier molecular flexibility index (Phi) is 8.98. The number of nitrogens with one attached hydrogen (secondary N) is 1. The third-order valence-electron chi connectivity index (χ3n) is 4.39. The van der Waals surface area contributed by atoms with Gasteiger partial charge in [-0.15, -0.1) is 0 Å². The Morgan fingerprint density at radius 3 is 2.29 bits per heavy atom. The van der Waals surface area contributed by atoms with Gasteiger partial charge in [-0.3, -0.25) is 9.87 Å². The van der Waals surface area contributed by atoms with Crippen molar-refractivity contribution in [2.24, 2.45) is 20.5 Å². The minimum atomic E-state index is -4.67. The van der Waals surface area contributed by atoms with E-state index in [4.69, 9.17) is 4.55 Å². The van der Waals surface area contributed by atoms with E-state index < -0.39 is 10.4 Å². The molecule has 0 saturated heterocycles. The number of azo groups is 2. The number of allylic oxidation sites excluding steroid dienone is 2. The maximum atomic E-state index is 11.1. The molecule has 0 fully saturated rings.